The minimum absolute atomic E-state index is 0.0913. The first-order valence-corrected chi connectivity index (χ1v) is 8.93. The molecule has 1 aromatic carbocycles. The van der Waals surface area contributed by atoms with E-state index in [1.165, 1.54) is 0 Å². The smallest absolute Gasteiger partial charge is 0.234 e. The fraction of sp³-hybridized carbons (Fsp3) is 0.400. The number of rotatable bonds is 6. The molecule has 0 spiro atoms. The van der Waals surface area contributed by atoms with Gasteiger partial charge in [-0.25, -0.2) is 0 Å². The molecule has 0 bridgehead atoms. The third kappa shape index (κ3) is 4.27. The third-order valence-corrected chi connectivity index (χ3v) is 4.87. The molecule has 3 N–H and O–H groups in total. The first-order valence-electron chi connectivity index (χ1n) is 8.93. The van der Waals surface area contributed by atoms with Crippen LogP contribution in [0.3, 0.4) is 0 Å². The number of piperidine rings is 1. The van der Waals surface area contributed by atoms with Crippen LogP contribution in [0.1, 0.15) is 17.5 Å². The lowest BCUT2D eigenvalue weighted by Gasteiger charge is -2.43. The molecule has 2 atom stereocenters. The molecule has 0 saturated carbocycles. The molecule has 0 radical (unpaired) electrons. The van der Waals surface area contributed by atoms with Gasteiger partial charge in [0.15, 0.2) is 0 Å². The topological polar surface area (TPSA) is 77.5 Å². The summed E-state index contributed by atoms with van der Waals surface area (Å²) in [4.78, 5) is 18.7. The van der Waals surface area contributed by atoms with E-state index in [2.05, 4.69) is 15.6 Å². The molecule has 2 heterocycles. The lowest BCUT2D eigenvalue weighted by molar-refractivity contribution is -0.126. The van der Waals surface area contributed by atoms with E-state index in [1.807, 2.05) is 54.4 Å². The number of hydrogen-bond donors (Lipinski definition) is 3. The van der Waals surface area contributed by atoms with Crippen molar-refractivity contribution in [2.45, 2.75) is 24.6 Å². The average molecular weight is 354 g/mol. The van der Waals surface area contributed by atoms with Crippen LogP contribution in [0.5, 0.6) is 0 Å². The van der Waals surface area contributed by atoms with Crippen molar-refractivity contribution >= 4 is 5.91 Å². The van der Waals surface area contributed by atoms with Gasteiger partial charge < -0.3 is 15.7 Å². The summed E-state index contributed by atoms with van der Waals surface area (Å²) in [7, 11) is 1.91. The molecule has 1 aromatic heterocycles. The van der Waals surface area contributed by atoms with Gasteiger partial charge in [-0.05, 0) is 43.3 Å². The van der Waals surface area contributed by atoms with Crippen molar-refractivity contribution in [3.63, 3.8) is 0 Å². The maximum absolute atomic E-state index is 12.7. The standard InChI is InChI=1S/C20H26N4O2/c1-24(14-16-7-10-21-11-8-16)15-19(26)23-20(9-12-22-13-18(20)25)17-5-3-2-4-6-17/h2-8,10-11,18,22,25H,9,12-15H2,1H3,(H,23,26)/t18-,20-/m1/s1. The van der Waals surface area contributed by atoms with E-state index in [-0.39, 0.29) is 12.5 Å². The predicted octanol–water partition coefficient (Wildman–Crippen LogP) is 0.879. The Balaban J connectivity index is 1.70. The predicted molar refractivity (Wildman–Crippen MR) is 100 cm³/mol. The Bertz CT molecular complexity index is 710. The van der Waals surface area contributed by atoms with E-state index in [1.54, 1.807) is 12.4 Å². The molecule has 1 amide bonds. The van der Waals surface area contributed by atoms with E-state index < -0.39 is 11.6 Å². The summed E-state index contributed by atoms with van der Waals surface area (Å²) in [5.74, 6) is -0.0913. The fourth-order valence-electron chi connectivity index (χ4n) is 3.54. The Hall–Kier alpha value is -2.28. The number of nitrogens with zero attached hydrogens (tertiary/aromatic N) is 2. The van der Waals surface area contributed by atoms with Gasteiger partial charge in [0.1, 0.15) is 0 Å². The molecule has 0 unspecified atom stereocenters. The molecular formula is C20H26N4O2. The molecule has 1 aliphatic rings. The molecular weight excluding hydrogens is 328 g/mol. The van der Waals surface area contributed by atoms with Gasteiger partial charge in [-0.2, -0.15) is 0 Å². The number of hydrogen-bond acceptors (Lipinski definition) is 5. The second-order valence-electron chi connectivity index (χ2n) is 6.88. The number of aromatic nitrogens is 1. The van der Waals surface area contributed by atoms with Gasteiger partial charge in [-0.3, -0.25) is 14.7 Å². The Morgan fingerprint density at radius 3 is 2.73 bits per heavy atom. The SMILES string of the molecule is CN(CC(=O)N[C@@]1(c2ccccc2)CCNC[C@H]1O)Cc1ccncc1. The summed E-state index contributed by atoms with van der Waals surface area (Å²) in [5, 5.41) is 17.0. The van der Waals surface area contributed by atoms with Gasteiger partial charge in [0.2, 0.25) is 5.91 Å². The number of pyridine rings is 1. The Labute approximate surface area is 154 Å². The van der Waals surface area contributed by atoms with Crippen LogP contribution in [0.2, 0.25) is 0 Å². The highest BCUT2D eigenvalue weighted by Crippen LogP contribution is 2.31. The van der Waals surface area contributed by atoms with E-state index in [0.717, 1.165) is 17.7 Å². The minimum Gasteiger partial charge on any atom is -0.389 e. The molecule has 1 aliphatic heterocycles. The highest BCUT2D eigenvalue weighted by Gasteiger charge is 2.42. The fourth-order valence-corrected chi connectivity index (χ4v) is 3.54. The zero-order chi connectivity index (χ0) is 18.4. The van der Waals surface area contributed by atoms with Crippen molar-refractivity contribution < 1.29 is 9.90 Å². The second-order valence-corrected chi connectivity index (χ2v) is 6.88. The lowest BCUT2D eigenvalue weighted by atomic mass is 9.79. The summed E-state index contributed by atoms with van der Waals surface area (Å²) < 4.78 is 0. The van der Waals surface area contributed by atoms with E-state index in [9.17, 15) is 9.90 Å². The van der Waals surface area contributed by atoms with Crippen LogP contribution in [0, 0.1) is 0 Å². The molecule has 1 saturated heterocycles. The van der Waals surface area contributed by atoms with Gasteiger partial charge >= 0.3 is 0 Å². The van der Waals surface area contributed by atoms with Gasteiger partial charge in [-0.15, -0.1) is 0 Å². The van der Waals surface area contributed by atoms with E-state index in [0.29, 0.717) is 19.5 Å². The summed E-state index contributed by atoms with van der Waals surface area (Å²) in [5.41, 5.74) is 1.30. The van der Waals surface area contributed by atoms with E-state index >= 15 is 0 Å². The van der Waals surface area contributed by atoms with Crippen molar-refractivity contribution in [3.05, 3.63) is 66.0 Å². The third-order valence-electron chi connectivity index (χ3n) is 4.87. The number of benzene rings is 1. The van der Waals surface area contributed by atoms with Gasteiger partial charge in [0.25, 0.3) is 0 Å². The number of carbonyl (C=O) groups is 1. The van der Waals surface area contributed by atoms with Crippen LogP contribution in [0.25, 0.3) is 0 Å². The van der Waals surface area contributed by atoms with Crippen LogP contribution < -0.4 is 10.6 Å². The molecule has 1 fully saturated rings. The highest BCUT2D eigenvalue weighted by atomic mass is 16.3. The summed E-state index contributed by atoms with van der Waals surface area (Å²) >= 11 is 0. The number of nitrogens with one attached hydrogen (secondary N) is 2. The van der Waals surface area contributed by atoms with Gasteiger partial charge in [0, 0.05) is 25.5 Å². The molecule has 0 aliphatic carbocycles. The first kappa shape index (κ1) is 18.5. The highest BCUT2D eigenvalue weighted by molar-refractivity contribution is 5.79. The van der Waals surface area contributed by atoms with Crippen LogP contribution in [0.4, 0.5) is 0 Å². The van der Waals surface area contributed by atoms with Crippen molar-refractivity contribution in [2.75, 3.05) is 26.7 Å². The number of aliphatic hydroxyl groups excluding tert-OH is 1. The van der Waals surface area contributed by atoms with Crippen molar-refractivity contribution in [2.24, 2.45) is 0 Å². The first-order chi connectivity index (χ1) is 12.6. The maximum atomic E-state index is 12.7. The Morgan fingerprint density at radius 2 is 2.04 bits per heavy atom. The van der Waals surface area contributed by atoms with Gasteiger partial charge in [-0.1, -0.05) is 30.3 Å². The van der Waals surface area contributed by atoms with E-state index in [4.69, 9.17) is 0 Å². The molecule has 26 heavy (non-hydrogen) atoms. The van der Waals surface area contributed by atoms with Crippen LogP contribution in [0.15, 0.2) is 54.9 Å². The largest absolute Gasteiger partial charge is 0.389 e. The quantitative estimate of drug-likeness (QED) is 0.718. The average Bonchev–Trinajstić information content (AvgIpc) is 2.65. The molecule has 3 rings (SSSR count). The lowest BCUT2D eigenvalue weighted by Crippen LogP contribution is -2.62. The summed E-state index contributed by atoms with van der Waals surface area (Å²) in [6.07, 6.45) is 3.48. The Kier molecular flexibility index (Phi) is 5.98. The number of aliphatic hydroxyl groups is 1. The van der Waals surface area contributed by atoms with Crippen molar-refractivity contribution in [1.82, 2.24) is 20.5 Å². The maximum Gasteiger partial charge on any atom is 0.234 e. The monoisotopic (exact) mass is 354 g/mol. The number of β-amino-alcohol motifs (C(OH)–C–C–N with tert-alkyl or cyclic N) is 1. The number of carbonyl (C=O) groups excluding carboxylic acids is 1. The Morgan fingerprint density at radius 1 is 1.31 bits per heavy atom. The normalized spacial score (nSPS) is 23.0. The van der Waals surface area contributed by atoms with Crippen LogP contribution in [-0.4, -0.2) is 53.7 Å². The van der Waals surface area contributed by atoms with Crippen molar-refractivity contribution in [1.29, 1.82) is 0 Å². The summed E-state index contributed by atoms with van der Waals surface area (Å²) in [6.45, 7) is 2.14. The van der Waals surface area contributed by atoms with Gasteiger partial charge in [0.05, 0.1) is 18.2 Å². The van der Waals surface area contributed by atoms with Crippen LogP contribution in [-0.2, 0) is 16.9 Å². The minimum atomic E-state index is -0.749. The zero-order valence-corrected chi connectivity index (χ0v) is 15.1. The number of amides is 1. The van der Waals surface area contributed by atoms with Crippen LogP contribution >= 0.6 is 0 Å². The zero-order valence-electron chi connectivity index (χ0n) is 15.1. The molecule has 138 valence electrons. The number of likely N-dealkylation sites (N-methyl/N-ethyl adjacent to an activating group) is 1. The second kappa shape index (κ2) is 8.40. The molecule has 6 nitrogen and oxygen atoms in total. The van der Waals surface area contributed by atoms with Crippen molar-refractivity contribution in [3.8, 4) is 0 Å². The molecule has 2 aromatic rings. The summed E-state index contributed by atoms with van der Waals surface area (Å²) in [6, 6.07) is 13.6. The molecule has 6 heteroatoms.